The van der Waals surface area contributed by atoms with Crippen LogP contribution in [0.2, 0.25) is 0 Å². The van der Waals surface area contributed by atoms with E-state index in [-0.39, 0.29) is 17.4 Å². The van der Waals surface area contributed by atoms with E-state index in [0.717, 1.165) is 37.2 Å². The number of rotatable bonds is 8. The maximum absolute atomic E-state index is 12.4. The summed E-state index contributed by atoms with van der Waals surface area (Å²) in [5.74, 6) is 1.49. The number of hydrogen-bond donors (Lipinski definition) is 0. The zero-order valence-corrected chi connectivity index (χ0v) is 18.8. The van der Waals surface area contributed by atoms with Gasteiger partial charge in [-0.25, -0.2) is 0 Å². The Kier molecular flexibility index (Phi) is 7.54. The van der Waals surface area contributed by atoms with Crippen molar-refractivity contribution >= 4 is 5.91 Å². The zero-order chi connectivity index (χ0) is 21.6. The maximum atomic E-state index is 12.4. The Labute approximate surface area is 181 Å². The molecule has 1 aliphatic heterocycles. The van der Waals surface area contributed by atoms with Gasteiger partial charge in [0.05, 0.1) is 13.2 Å². The minimum atomic E-state index is -0.0653. The fraction of sp³-hybridized carbons (Fsp3) is 0.500. The number of carbonyl (C=O) groups is 1. The molecule has 2 aromatic rings. The number of nitrogens with zero attached hydrogens (tertiary/aromatic N) is 1. The molecule has 0 bridgehead atoms. The smallest absolute Gasteiger partial charge is 0.219 e. The van der Waals surface area contributed by atoms with Gasteiger partial charge in [-0.15, -0.1) is 0 Å². The summed E-state index contributed by atoms with van der Waals surface area (Å²) in [6, 6.07) is 18.6. The quantitative estimate of drug-likeness (QED) is 0.601. The molecule has 0 aliphatic carbocycles. The van der Waals surface area contributed by atoms with Crippen LogP contribution in [0.15, 0.2) is 54.6 Å². The lowest BCUT2D eigenvalue weighted by Crippen LogP contribution is -2.43. The van der Waals surface area contributed by atoms with Crippen LogP contribution in [0.5, 0.6) is 5.75 Å². The highest BCUT2D eigenvalue weighted by Crippen LogP contribution is 2.45. The van der Waals surface area contributed by atoms with E-state index in [1.54, 1.807) is 14.0 Å². The van der Waals surface area contributed by atoms with E-state index in [9.17, 15) is 4.79 Å². The summed E-state index contributed by atoms with van der Waals surface area (Å²) in [6.07, 6.45) is 2.99. The zero-order valence-electron chi connectivity index (χ0n) is 18.8. The van der Waals surface area contributed by atoms with Gasteiger partial charge in [0.1, 0.15) is 5.75 Å². The van der Waals surface area contributed by atoms with E-state index >= 15 is 0 Å². The summed E-state index contributed by atoms with van der Waals surface area (Å²) in [5, 5.41) is 0. The van der Waals surface area contributed by atoms with Crippen molar-refractivity contribution in [2.45, 2.75) is 58.1 Å². The van der Waals surface area contributed by atoms with Crippen molar-refractivity contribution in [3.05, 3.63) is 65.7 Å². The topological polar surface area (TPSA) is 38.8 Å². The first-order valence-electron chi connectivity index (χ1n) is 11.0. The number of para-hydroxylation sites is 1. The molecule has 1 aliphatic rings. The maximum Gasteiger partial charge on any atom is 0.219 e. The number of hydrogen-bond acceptors (Lipinski definition) is 3. The first-order chi connectivity index (χ1) is 14.4. The van der Waals surface area contributed by atoms with E-state index in [1.165, 1.54) is 5.56 Å². The van der Waals surface area contributed by atoms with Crippen LogP contribution in [-0.4, -0.2) is 37.2 Å². The molecular formula is C26H35NO3. The lowest BCUT2D eigenvalue weighted by molar-refractivity contribution is -0.130. The third kappa shape index (κ3) is 5.23. The standard InChI is InChI=1S/C26H35NO3/c1-20(2)25-18-26(15-17-30-25,23-12-8-9-13-24(23)29-4)14-16-27(21(3)28)19-22-10-6-5-7-11-22/h5-13,20,25H,14-19H2,1-4H3/t25-,26-/m1/s1. The van der Waals surface area contributed by atoms with Crippen LogP contribution in [0.3, 0.4) is 0 Å². The Morgan fingerprint density at radius 2 is 1.87 bits per heavy atom. The molecule has 1 saturated heterocycles. The van der Waals surface area contributed by atoms with Crippen LogP contribution in [0.1, 0.15) is 51.2 Å². The molecular weight excluding hydrogens is 374 g/mol. The molecule has 30 heavy (non-hydrogen) atoms. The van der Waals surface area contributed by atoms with Crippen molar-refractivity contribution < 1.29 is 14.3 Å². The molecule has 4 nitrogen and oxygen atoms in total. The fourth-order valence-electron chi connectivity index (χ4n) is 4.57. The SMILES string of the molecule is COc1ccccc1[C@]1(CCN(Cc2ccccc2)C(C)=O)CCO[C@@H](C(C)C)C1. The van der Waals surface area contributed by atoms with Gasteiger partial charge in [0.15, 0.2) is 0 Å². The molecule has 0 saturated carbocycles. The van der Waals surface area contributed by atoms with Crippen molar-refractivity contribution in [3.8, 4) is 5.75 Å². The van der Waals surface area contributed by atoms with Gasteiger partial charge in [0, 0.05) is 37.6 Å². The van der Waals surface area contributed by atoms with Crippen molar-refractivity contribution in [1.82, 2.24) is 4.90 Å². The molecule has 2 aromatic carbocycles. The monoisotopic (exact) mass is 409 g/mol. The average Bonchev–Trinajstić information content (AvgIpc) is 2.77. The van der Waals surface area contributed by atoms with E-state index in [2.05, 4.69) is 38.1 Å². The molecule has 1 amide bonds. The van der Waals surface area contributed by atoms with Gasteiger partial charge in [0.25, 0.3) is 0 Å². The van der Waals surface area contributed by atoms with E-state index in [4.69, 9.17) is 9.47 Å². The summed E-state index contributed by atoms with van der Waals surface area (Å²) in [6.45, 7) is 8.20. The van der Waals surface area contributed by atoms with Crippen LogP contribution in [-0.2, 0) is 21.5 Å². The van der Waals surface area contributed by atoms with E-state index in [1.807, 2.05) is 35.2 Å². The second-order valence-electron chi connectivity index (χ2n) is 8.76. The predicted octanol–water partition coefficient (Wildman–Crippen LogP) is 5.21. The van der Waals surface area contributed by atoms with E-state index in [0.29, 0.717) is 19.0 Å². The largest absolute Gasteiger partial charge is 0.496 e. The summed E-state index contributed by atoms with van der Waals surface area (Å²) in [7, 11) is 1.74. The molecule has 3 rings (SSSR count). The Morgan fingerprint density at radius 1 is 1.17 bits per heavy atom. The summed E-state index contributed by atoms with van der Waals surface area (Å²) in [4.78, 5) is 14.4. The molecule has 0 radical (unpaired) electrons. The Morgan fingerprint density at radius 3 is 2.53 bits per heavy atom. The highest BCUT2D eigenvalue weighted by molar-refractivity contribution is 5.73. The van der Waals surface area contributed by atoms with Crippen LogP contribution in [0.25, 0.3) is 0 Å². The number of amides is 1. The lowest BCUT2D eigenvalue weighted by Gasteiger charge is -2.44. The third-order valence-electron chi connectivity index (χ3n) is 6.45. The Hall–Kier alpha value is -2.33. The summed E-state index contributed by atoms with van der Waals surface area (Å²) < 4.78 is 11.9. The molecule has 0 aromatic heterocycles. The van der Waals surface area contributed by atoms with Crippen molar-refractivity contribution in [1.29, 1.82) is 0 Å². The van der Waals surface area contributed by atoms with E-state index < -0.39 is 0 Å². The van der Waals surface area contributed by atoms with Crippen LogP contribution in [0, 0.1) is 5.92 Å². The molecule has 2 atom stereocenters. The lowest BCUT2D eigenvalue weighted by atomic mass is 9.68. The van der Waals surface area contributed by atoms with Gasteiger partial charge in [-0.3, -0.25) is 4.79 Å². The normalized spacial score (nSPS) is 21.4. The molecule has 4 heteroatoms. The van der Waals surface area contributed by atoms with Crippen LogP contribution >= 0.6 is 0 Å². The molecule has 162 valence electrons. The number of carbonyl (C=O) groups excluding carboxylic acids is 1. The molecule has 1 heterocycles. The molecule has 0 unspecified atom stereocenters. The molecule has 1 fully saturated rings. The Balaban J connectivity index is 1.87. The van der Waals surface area contributed by atoms with Crippen LogP contribution < -0.4 is 4.74 Å². The van der Waals surface area contributed by atoms with Gasteiger partial charge in [-0.1, -0.05) is 62.4 Å². The first-order valence-corrected chi connectivity index (χ1v) is 11.0. The van der Waals surface area contributed by atoms with Gasteiger partial charge in [-0.2, -0.15) is 0 Å². The molecule has 0 spiro atoms. The summed E-state index contributed by atoms with van der Waals surface area (Å²) in [5.41, 5.74) is 2.33. The number of ether oxygens (including phenoxy) is 2. The minimum Gasteiger partial charge on any atom is -0.496 e. The number of benzene rings is 2. The minimum absolute atomic E-state index is 0.0653. The van der Waals surface area contributed by atoms with Crippen molar-refractivity contribution in [3.63, 3.8) is 0 Å². The Bertz CT molecular complexity index is 820. The highest BCUT2D eigenvalue weighted by atomic mass is 16.5. The summed E-state index contributed by atoms with van der Waals surface area (Å²) >= 11 is 0. The third-order valence-corrected chi connectivity index (χ3v) is 6.45. The first kappa shape index (κ1) is 22.4. The second-order valence-corrected chi connectivity index (χ2v) is 8.76. The van der Waals surface area contributed by atoms with Gasteiger partial charge in [0.2, 0.25) is 5.91 Å². The fourth-order valence-corrected chi connectivity index (χ4v) is 4.57. The predicted molar refractivity (Wildman–Crippen MR) is 121 cm³/mol. The van der Waals surface area contributed by atoms with Crippen molar-refractivity contribution in [2.75, 3.05) is 20.3 Å². The highest BCUT2D eigenvalue weighted by Gasteiger charge is 2.41. The second kappa shape index (κ2) is 10.1. The van der Waals surface area contributed by atoms with Gasteiger partial charge < -0.3 is 14.4 Å². The molecule has 0 N–H and O–H groups in total. The average molecular weight is 410 g/mol. The van der Waals surface area contributed by atoms with Crippen LogP contribution in [0.4, 0.5) is 0 Å². The van der Waals surface area contributed by atoms with Gasteiger partial charge >= 0.3 is 0 Å². The van der Waals surface area contributed by atoms with Crippen molar-refractivity contribution in [2.24, 2.45) is 5.92 Å². The number of methoxy groups -OCH3 is 1. The van der Waals surface area contributed by atoms with Gasteiger partial charge in [-0.05, 0) is 36.8 Å².